The average molecular weight is 389 g/mol. The number of hydrogen-bond acceptors (Lipinski definition) is 2. The van der Waals surface area contributed by atoms with Gasteiger partial charge in [0.05, 0.1) is 0 Å². The van der Waals surface area contributed by atoms with E-state index < -0.39 is 0 Å². The highest BCUT2D eigenvalue weighted by molar-refractivity contribution is 6.30. The maximum Gasteiger partial charge on any atom is 0.251 e. The SMILES string of the molecule is O=C(NCCCC(=O)N(Cc1ccccc1F)C1CC1)c1ccc(Cl)cc1. The van der Waals surface area contributed by atoms with Crippen molar-refractivity contribution in [2.75, 3.05) is 6.54 Å². The third kappa shape index (κ3) is 5.54. The Morgan fingerprint density at radius 1 is 1.11 bits per heavy atom. The van der Waals surface area contributed by atoms with E-state index in [1.54, 1.807) is 47.4 Å². The molecule has 0 bridgehead atoms. The second-order valence-electron chi connectivity index (χ2n) is 6.71. The van der Waals surface area contributed by atoms with Crippen LogP contribution >= 0.6 is 11.6 Å². The van der Waals surface area contributed by atoms with Crippen molar-refractivity contribution in [3.63, 3.8) is 0 Å². The van der Waals surface area contributed by atoms with E-state index in [4.69, 9.17) is 11.6 Å². The van der Waals surface area contributed by atoms with E-state index in [2.05, 4.69) is 5.32 Å². The standard InChI is InChI=1S/C21H22ClFN2O2/c22-17-9-7-15(8-10-17)21(27)24-13-3-6-20(26)25(18-11-12-18)14-16-4-1-2-5-19(16)23/h1-2,4-5,7-10,18H,3,6,11-14H2,(H,24,27). The minimum atomic E-state index is -0.286. The number of carbonyl (C=O) groups excluding carboxylic acids is 2. The molecule has 142 valence electrons. The van der Waals surface area contributed by atoms with Gasteiger partial charge in [-0.1, -0.05) is 29.8 Å². The van der Waals surface area contributed by atoms with Gasteiger partial charge in [-0.3, -0.25) is 9.59 Å². The normalized spacial score (nSPS) is 13.3. The molecule has 4 nitrogen and oxygen atoms in total. The van der Waals surface area contributed by atoms with Gasteiger partial charge in [0.25, 0.3) is 5.91 Å². The Labute approximate surface area is 163 Å². The highest BCUT2D eigenvalue weighted by atomic mass is 35.5. The van der Waals surface area contributed by atoms with Crippen molar-refractivity contribution in [3.05, 3.63) is 70.5 Å². The van der Waals surface area contributed by atoms with Crippen molar-refractivity contribution in [2.24, 2.45) is 0 Å². The molecule has 2 amide bonds. The van der Waals surface area contributed by atoms with E-state index >= 15 is 0 Å². The summed E-state index contributed by atoms with van der Waals surface area (Å²) in [6, 6.07) is 13.4. The largest absolute Gasteiger partial charge is 0.352 e. The smallest absolute Gasteiger partial charge is 0.251 e. The number of carbonyl (C=O) groups is 2. The van der Waals surface area contributed by atoms with Gasteiger partial charge in [0.2, 0.25) is 5.91 Å². The topological polar surface area (TPSA) is 49.4 Å². The maximum atomic E-state index is 13.9. The van der Waals surface area contributed by atoms with Crippen LogP contribution in [0.4, 0.5) is 4.39 Å². The third-order valence-corrected chi connectivity index (χ3v) is 4.82. The van der Waals surface area contributed by atoms with Crippen molar-refractivity contribution in [3.8, 4) is 0 Å². The average Bonchev–Trinajstić information content (AvgIpc) is 3.50. The van der Waals surface area contributed by atoms with Gasteiger partial charge in [-0.25, -0.2) is 4.39 Å². The number of benzene rings is 2. The molecule has 3 rings (SSSR count). The summed E-state index contributed by atoms with van der Waals surface area (Å²) in [6.45, 7) is 0.707. The minimum absolute atomic E-state index is 0.00138. The second-order valence-corrected chi connectivity index (χ2v) is 7.15. The summed E-state index contributed by atoms with van der Waals surface area (Å²) in [7, 11) is 0. The number of halogens is 2. The monoisotopic (exact) mass is 388 g/mol. The summed E-state index contributed by atoms with van der Waals surface area (Å²) < 4.78 is 13.9. The van der Waals surface area contributed by atoms with Crippen LogP contribution in [0.5, 0.6) is 0 Å². The van der Waals surface area contributed by atoms with Crippen LogP contribution in [0.2, 0.25) is 5.02 Å². The summed E-state index contributed by atoms with van der Waals surface area (Å²) in [5.74, 6) is -0.475. The zero-order valence-electron chi connectivity index (χ0n) is 15.0. The van der Waals surface area contributed by atoms with Crippen molar-refractivity contribution >= 4 is 23.4 Å². The van der Waals surface area contributed by atoms with Gasteiger partial charge in [-0.15, -0.1) is 0 Å². The van der Waals surface area contributed by atoms with Gasteiger partial charge in [-0.05, 0) is 49.6 Å². The summed E-state index contributed by atoms with van der Waals surface area (Å²) in [4.78, 5) is 26.4. The fourth-order valence-corrected chi connectivity index (χ4v) is 3.03. The van der Waals surface area contributed by atoms with E-state index in [1.165, 1.54) is 6.07 Å². The Morgan fingerprint density at radius 3 is 2.48 bits per heavy atom. The predicted octanol–water partition coefficient (Wildman–Crippen LogP) is 4.18. The van der Waals surface area contributed by atoms with Crippen molar-refractivity contribution in [1.29, 1.82) is 0 Å². The summed E-state index contributed by atoms with van der Waals surface area (Å²) in [5, 5.41) is 3.38. The lowest BCUT2D eigenvalue weighted by Gasteiger charge is -2.23. The van der Waals surface area contributed by atoms with Crippen LogP contribution in [-0.2, 0) is 11.3 Å². The minimum Gasteiger partial charge on any atom is -0.352 e. The molecule has 0 radical (unpaired) electrons. The van der Waals surface area contributed by atoms with Crippen LogP contribution in [0, 0.1) is 5.82 Å². The summed E-state index contributed by atoms with van der Waals surface area (Å²) in [6.07, 6.45) is 2.80. The Kier molecular flexibility index (Phi) is 6.45. The van der Waals surface area contributed by atoms with E-state index in [1.807, 2.05) is 0 Å². The zero-order chi connectivity index (χ0) is 19.2. The molecule has 0 unspecified atom stereocenters. The van der Waals surface area contributed by atoms with E-state index in [-0.39, 0.29) is 23.7 Å². The highest BCUT2D eigenvalue weighted by Gasteiger charge is 2.32. The van der Waals surface area contributed by atoms with Crippen molar-refractivity contribution in [1.82, 2.24) is 10.2 Å². The molecule has 2 aromatic carbocycles. The van der Waals surface area contributed by atoms with Crippen molar-refractivity contribution in [2.45, 2.75) is 38.3 Å². The second kappa shape index (κ2) is 9.00. The van der Waals surface area contributed by atoms with E-state index in [0.717, 1.165) is 12.8 Å². The molecule has 1 aliphatic carbocycles. The molecule has 27 heavy (non-hydrogen) atoms. The number of hydrogen-bond donors (Lipinski definition) is 1. The van der Waals surface area contributed by atoms with Gasteiger partial charge in [0.1, 0.15) is 5.82 Å². The van der Waals surface area contributed by atoms with Crippen LogP contribution in [0.15, 0.2) is 48.5 Å². The van der Waals surface area contributed by atoms with E-state index in [9.17, 15) is 14.0 Å². The molecule has 0 heterocycles. The summed E-state index contributed by atoms with van der Waals surface area (Å²) >= 11 is 5.81. The molecule has 0 aliphatic heterocycles. The van der Waals surface area contributed by atoms with Crippen LogP contribution in [0.1, 0.15) is 41.6 Å². The predicted molar refractivity (Wildman–Crippen MR) is 103 cm³/mol. The molecule has 2 aromatic rings. The van der Waals surface area contributed by atoms with Gasteiger partial charge in [0, 0.05) is 41.7 Å². The fourth-order valence-electron chi connectivity index (χ4n) is 2.91. The first-order valence-corrected chi connectivity index (χ1v) is 9.49. The van der Waals surface area contributed by atoms with Crippen molar-refractivity contribution < 1.29 is 14.0 Å². The van der Waals surface area contributed by atoms with Crippen LogP contribution in [0.25, 0.3) is 0 Å². The zero-order valence-corrected chi connectivity index (χ0v) is 15.7. The Hall–Kier alpha value is -2.40. The fraction of sp³-hybridized carbons (Fsp3) is 0.333. The molecule has 0 atom stereocenters. The molecule has 1 fully saturated rings. The van der Waals surface area contributed by atoms with Gasteiger partial charge >= 0.3 is 0 Å². The molecule has 1 N–H and O–H groups in total. The van der Waals surface area contributed by atoms with Crippen LogP contribution < -0.4 is 5.32 Å². The Bertz CT molecular complexity index is 806. The lowest BCUT2D eigenvalue weighted by atomic mass is 10.1. The van der Waals surface area contributed by atoms with Gasteiger partial charge in [0.15, 0.2) is 0 Å². The highest BCUT2D eigenvalue weighted by Crippen LogP contribution is 2.29. The molecule has 1 saturated carbocycles. The first-order valence-electron chi connectivity index (χ1n) is 9.11. The van der Waals surface area contributed by atoms with Gasteiger partial charge in [-0.2, -0.15) is 0 Å². The van der Waals surface area contributed by atoms with E-state index in [0.29, 0.717) is 42.1 Å². The molecule has 0 spiro atoms. The number of nitrogens with zero attached hydrogens (tertiary/aromatic N) is 1. The summed E-state index contributed by atoms with van der Waals surface area (Å²) in [5.41, 5.74) is 1.07. The van der Waals surface area contributed by atoms with Crippen LogP contribution in [-0.4, -0.2) is 29.3 Å². The molecular weight excluding hydrogens is 367 g/mol. The third-order valence-electron chi connectivity index (χ3n) is 4.57. The van der Waals surface area contributed by atoms with Crippen LogP contribution in [0.3, 0.4) is 0 Å². The molecule has 0 aromatic heterocycles. The first-order chi connectivity index (χ1) is 13.0. The number of nitrogens with one attached hydrogen (secondary N) is 1. The first kappa shape index (κ1) is 19.4. The maximum absolute atomic E-state index is 13.9. The van der Waals surface area contributed by atoms with Gasteiger partial charge < -0.3 is 10.2 Å². The Balaban J connectivity index is 1.46. The molecular formula is C21H22ClFN2O2. The number of amides is 2. The lowest BCUT2D eigenvalue weighted by Crippen LogP contribution is -2.33. The lowest BCUT2D eigenvalue weighted by molar-refractivity contribution is -0.132. The number of rotatable bonds is 8. The Morgan fingerprint density at radius 2 is 1.81 bits per heavy atom. The quantitative estimate of drug-likeness (QED) is 0.689. The molecule has 0 saturated heterocycles. The molecule has 1 aliphatic rings. The molecule has 6 heteroatoms.